The molecule has 1 aliphatic heterocycles. The third-order valence-electron chi connectivity index (χ3n) is 5.01. The molecule has 0 saturated carbocycles. The molecule has 8 nitrogen and oxygen atoms in total. The van der Waals surface area contributed by atoms with Crippen molar-refractivity contribution in [3.05, 3.63) is 64.3 Å². The summed E-state index contributed by atoms with van der Waals surface area (Å²) < 4.78 is 39.3. The zero-order valence-corrected chi connectivity index (χ0v) is 18.5. The molecular weight excluding hydrogens is 461 g/mol. The lowest BCUT2D eigenvalue weighted by Crippen LogP contribution is -2.36. The molecule has 0 bridgehead atoms. The number of carboxylic acids is 1. The van der Waals surface area contributed by atoms with Gasteiger partial charge in [-0.2, -0.15) is 13.2 Å². The van der Waals surface area contributed by atoms with E-state index < -0.39 is 12.1 Å². The Balaban J connectivity index is 0.000000383. The van der Waals surface area contributed by atoms with Crippen molar-refractivity contribution in [3.63, 3.8) is 0 Å². The molecule has 0 fully saturated rings. The third kappa shape index (κ3) is 6.68. The summed E-state index contributed by atoms with van der Waals surface area (Å²) in [6, 6.07) is 8.15. The minimum Gasteiger partial charge on any atom is -0.475 e. The highest BCUT2D eigenvalue weighted by molar-refractivity contribution is 7.09. The first-order valence-electron chi connectivity index (χ1n) is 10.1. The summed E-state index contributed by atoms with van der Waals surface area (Å²) in [6.45, 7) is 5.24. The van der Waals surface area contributed by atoms with E-state index in [1.165, 1.54) is 4.88 Å². The van der Waals surface area contributed by atoms with E-state index in [9.17, 15) is 18.0 Å². The average Bonchev–Trinajstić information content (AvgIpc) is 3.52. The molecule has 33 heavy (non-hydrogen) atoms. The monoisotopic (exact) mass is 484 g/mol. The zero-order valence-electron chi connectivity index (χ0n) is 17.7. The fourth-order valence-corrected chi connectivity index (χ4v) is 4.02. The molecule has 2 N–H and O–H groups in total. The molecule has 0 radical (unpaired) electrons. The van der Waals surface area contributed by atoms with Crippen molar-refractivity contribution < 1.29 is 32.3 Å². The fourth-order valence-electron chi connectivity index (χ4n) is 3.31. The van der Waals surface area contributed by atoms with Gasteiger partial charge in [-0.25, -0.2) is 9.78 Å². The zero-order chi connectivity index (χ0) is 24.0. The smallest absolute Gasteiger partial charge is 0.475 e. The lowest BCUT2D eigenvalue weighted by atomic mass is 10.2. The minimum absolute atomic E-state index is 0.103. The van der Waals surface area contributed by atoms with Gasteiger partial charge in [-0.05, 0) is 36.9 Å². The summed E-state index contributed by atoms with van der Waals surface area (Å²) in [4.78, 5) is 29.5. The molecule has 0 spiro atoms. The second kappa shape index (κ2) is 10.7. The third-order valence-corrected chi connectivity index (χ3v) is 5.94. The van der Waals surface area contributed by atoms with Gasteiger partial charge in [-0.3, -0.25) is 9.69 Å². The molecule has 4 heterocycles. The van der Waals surface area contributed by atoms with Crippen LogP contribution in [-0.2, 0) is 24.3 Å². The maximum atomic E-state index is 12.4. The van der Waals surface area contributed by atoms with Gasteiger partial charge in [0.05, 0.1) is 18.8 Å². The van der Waals surface area contributed by atoms with Crippen LogP contribution in [0.1, 0.15) is 39.9 Å². The van der Waals surface area contributed by atoms with Gasteiger partial charge in [0, 0.05) is 30.7 Å². The van der Waals surface area contributed by atoms with Crippen LogP contribution in [0.3, 0.4) is 0 Å². The van der Waals surface area contributed by atoms with E-state index in [0.29, 0.717) is 12.2 Å². The SMILES string of the molecule is CC1c2nc(C(=O)NCCc3cccs3)cn2CCN1Cc1ccco1.O=C(O)C(F)(F)F. The van der Waals surface area contributed by atoms with E-state index in [1.54, 1.807) is 17.6 Å². The Morgan fingerprint density at radius 3 is 2.67 bits per heavy atom. The predicted molar refractivity (Wildman–Crippen MR) is 114 cm³/mol. The van der Waals surface area contributed by atoms with Crippen LogP contribution >= 0.6 is 11.3 Å². The molecule has 178 valence electrons. The highest BCUT2D eigenvalue weighted by Crippen LogP contribution is 2.26. The quantitative estimate of drug-likeness (QED) is 0.553. The normalized spacial score (nSPS) is 15.9. The molecular formula is C21H23F3N4O4S. The van der Waals surface area contributed by atoms with Crippen LogP contribution in [0, 0.1) is 0 Å². The maximum Gasteiger partial charge on any atom is 0.490 e. The van der Waals surface area contributed by atoms with Gasteiger partial charge in [0.15, 0.2) is 0 Å². The Labute approximate surface area is 191 Å². The molecule has 1 aliphatic rings. The van der Waals surface area contributed by atoms with Gasteiger partial charge in [-0.1, -0.05) is 6.07 Å². The van der Waals surface area contributed by atoms with Crippen molar-refractivity contribution in [3.8, 4) is 0 Å². The Kier molecular flexibility index (Phi) is 7.92. The van der Waals surface area contributed by atoms with Crippen LogP contribution in [0.2, 0.25) is 0 Å². The molecule has 1 atom stereocenters. The Morgan fingerprint density at radius 1 is 1.30 bits per heavy atom. The van der Waals surface area contributed by atoms with Gasteiger partial charge < -0.3 is 19.4 Å². The predicted octanol–water partition coefficient (Wildman–Crippen LogP) is 3.72. The Hall–Kier alpha value is -3.12. The topological polar surface area (TPSA) is 101 Å². The summed E-state index contributed by atoms with van der Waals surface area (Å²) in [6.07, 6.45) is -0.662. The second-order valence-corrected chi connectivity index (χ2v) is 8.32. The minimum atomic E-state index is -5.08. The average molecular weight is 485 g/mol. The number of rotatable bonds is 6. The number of nitrogens with zero attached hydrogens (tertiary/aromatic N) is 3. The van der Waals surface area contributed by atoms with Gasteiger partial charge in [0.25, 0.3) is 5.91 Å². The molecule has 1 amide bonds. The summed E-state index contributed by atoms with van der Waals surface area (Å²) in [5, 5.41) is 12.1. The standard InChI is InChI=1S/C19H22N4O2S.C2HF3O2/c1-14-18-21-17(19(24)20-7-6-16-5-3-11-26-16)13-23(18)9-8-22(14)12-15-4-2-10-25-15;3-2(4,5)1(6)7/h2-5,10-11,13-14H,6-9,12H2,1H3,(H,20,24);(H,6,7). The Morgan fingerprint density at radius 2 is 2.06 bits per heavy atom. The van der Waals surface area contributed by atoms with Gasteiger partial charge in [-0.15, -0.1) is 11.3 Å². The van der Waals surface area contributed by atoms with Gasteiger partial charge in [0.1, 0.15) is 17.3 Å². The summed E-state index contributed by atoms with van der Waals surface area (Å²) in [5.74, 6) is -0.977. The number of imidazole rings is 1. The molecule has 1 unspecified atom stereocenters. The maximum absolute atomic E-state index is 12.4. The lowest BCUT2D eigenvalue weighted by Gasteiger charge is -2.32. The van der Waals surface area contributed by atoms with Crippen LogP contribution in [-0.4, -0.2) is 50.7 Å². The molecule has 4 rings (SSSR count). The van der Waals surface area contributed by atoms with Crippen LogP contribution < -0.4 is 5.32 Å². The first kappa shape index (κ1) is 24.5. The number of hydrogen-bond donors (Lipinski definition) is 2. The molecule has 12 heteroatoms. The number of nitrogens with one attached hydrogen (secondary N) is 1. The van der Waals surface area contributed by atoms with Crippen molar-refractivity contribution in [1.29, 1.82) is 0 Å². The number of fused-ring (bicyclic) bond motifs is 1. The number of halogens is 3. The van der Waals surface area contributed by atoms with Crippen LogP contribution in [0.5, 0.6) is 0 Å². The van der Waals surface area contributed by atoms with E-state index in [0.717, 1.165) is 37.6 Å². The number of hydrogen-bond acceptors (Lipinski definition) is 6. The van der Waals surface area contributed by atoms with Crippen molar-refractivity contribution in [2.24, 2.45) is 0 Å². The van der Waals surface area contributed by atoms with Crippen LogP contribution in [0.4, 0.5) is 13.2 Å². The number of carbonyl (C=O) groups is 2. The largest absolute Gasteiger partial charge is 0.490 e. The van der Waals surface area contributed by atoms with Gasteiger partial charge >= 0.3 is 12.1 Å². The first-order chi connectivity index (χ1) is 15.6. The van der Waals surface area contributed by atoms with Crippen molar-refractivity contribution in [2.75, 3.05) is 13.1 Å². The van der Waals surface area contributed by atoms with E-state index in [2.05, 4.69) is 38.1 Å². The van der Waals surface area contributed by atoms with Crippen molar-refractivity contribution in [1.82, 2.24) is 19.8 Å². The van der Waals surface area contributed by atoms with Crippen molar-refractivity contribution in [2.45, 2.75) is 38.7 Å². The highest BCUT2D eigenvalue weighted by atomic mass is 32.1. The number of carbonyl (C=O) groups excluding carboxylic acids is 1. The number of furan rings is 1. The van der Waals surface area contributed by atoms with Gasteiger partial charge in [0.2, 0.25) is 0 Å². The van der Waals surface area contributed by atoms with Crippen LogP contribution in [0.25, 0.3) is 0 Å². The van der Waals surface area contributed by atoms with E-state index >= 15 is 0 Å². The number of thiophene rings is 1. The van der Waals surface area contributed by atoms with Crippen molar-refractivity contribution >= 4 is 23.2 Å². The highest BCUT2D eigenvalue weighted by Gasteiger charge is 2.38. The summed E-state index contributed by atoms with van der Waals surface area (Å²) in [5.41, 5.74) is 0.498. The van der Waals surface area contributed by atoms with Crippen LogP contribution in [0.15, 0.2) is 46.5 Å². The number of alkyl halides is 3. The van der Waals surface area contributed by atoms with E-state index in [1.807, 2.05) is 24.4 Å². The molecule has 0 aliphatic carbocycles. The first-order valence-corrected chi connectivity index (χ1v) is 11.0. The lowest BCUT2D eigenvalue weighted by molar-refractivity contribution is -0.192. The number of aromatic nitrogens is 2. The summed E-state index contributed by atoms with van der Waals surface area (Å²) in [7, 11) is 0. The molecule has 0 saturated heterocycles. The number of amides is 1. The van der Waals surface area contributed by atoms with E-state index in [-0.39, 0.29) is 11.9 Å². The molecule has 3 aromatic heterocycles. The molecule has 3 aromatic rings. The van der Waals surface area contributed by atoms with E-state index in [4.69, 9.17) is 14.3 Å². The number of carboxylic acid groups (broad SMARTS) is 1. The number of aliphatic carboxylic acids is 1. The second-order valence-electron chi connectivity index (χ2n) is 7.29. The Bertz CT molecular complexity index is 1050. The summed E-state index contributed by atoms with van der Waals surface area (Å²) >= 11 is 1.71. The molecule has 0 aromatic carbocycles. The fraction of sp³-hybridized carbons (Fsp3) is 0.381.